The van der Waals surface area contributed by atoms with Crippen molar-refractivity contribution in [3.05, 3.63) is 28.2 Å². The molecule has 1 rings (SSSR count). The summed E-state index contributed by atoms with van der Waals surface area (Å²) in [5, 5.41) is 17.3. The van der Waals surface area contributed by atoms with Gasteiger partial charge in [0, 0.05) is 0 Å². The summed E-state index contributed by atoms with van der Waals surface area (Å²) in [7, 11) is 0. The molecule has 0 aliphatic heterocycles. The van der Waals surface area contributed by atoms with E-state index < -0.39 is 5.97 Å². The van der Waals surface area contributed by atoms with Crippen LogP contribution in [0.2, 0.25) is 0 Å². The molecule has 2 N–H and O–H groups in total. The van der Waals surface area contributed by atoms with Gasteiger partial charge in [-0.15, -0.1) is 0 Å². The van der Waals surface area contributed by atoms with Crippen molar-refractivity contribution >= 4 is 21.9 Å². The number of ether oxygens (including phenoxy) is 2. The number of hydrogen-bond acceptors (Lipinski definition) is 4. The molecule has 0 spiro atoms. The average Bonchev–Trinajstić information content (AvgIpc) is 2.30. The Bertz CT molecular complexity index is 380. The Morgan fingerprint density at radius 2 is 2.06 bits per heavy atom. The van der Waals surface area contributed by atoms with E-state index in [0.717, 1.165) is 0 Å². The molecular weight excluding hydrogens is 292 g/mol. The maximum atomic E-state index is 10.8. The maximum Gasteiger partial charge on any atom is 0.335 e. The van der Waals surface area contributed by atoms with Crippen LogP contribution in [0.25, 0.3) is 0 Å². The highest BCUT2D eigenvalue weighted by atomic mass is 79.9. The SMILES string of the molecule is O=C(O)c1ccc(Br)c(OCCOCCO)c1. The van der Waals surface area contributed by atoms with Crippen molar-refractivity contribution in [2.24, 2.45) is 0 Å². The van der Waals surface area contributed by atoms with Gasteiger partial charge in [-0.05, 0) is 34.1 Å². The van der Waals surface area contributed by atoms with Gasteiger partial charge >= 0.3 is 5.97 Å². The molecule has 0 fully saturated rings. The molecule has 1 aromatic rings. The number of aromatic carboxylic acids is 1. The summed E-state index contributed by atoms with van der Waals surface area (Å²) in [5.41, 5.74) is 0.166. The van der Waals surface area contributed by atoms with E-state index in [0.29, 0.717) is 23.4 Å². The third-order valence-electron chi connectivity index (χ3n) is 1.90. The second-order valence-electron chi connectivity index (χ2n) is 3.13. The second-order valence-corrected chi connectivity index (χ2v) is 3.99. The number of hydrogen-bond donors (Lipinski definition) is 2. The van der Waals surface area contributed by atoms with Crippen molar-refractivity contribution in [2.75, 3.05) is 26.4 Å². The summed E-state index contributed by atoms with van der Waals surface area (Å²) < 4.78 is 11.1. The van der Waals surface area contributed by atoms with Gasteiger partial charge in [0.1, 0.15) is 12.4 Å². The van der Waals surface area contributed by atoms with E-state index in [-0.39, 0.29) is 18.8 Å². The molecule has 0 saturated heterocycles. The Morgan fingerprint density at radius 3 is 2.71 bits per heavy atom. The van der Waals surface area contributed by atoms with Crippen LogP contribution in [0.4, 0.5) is 0 Å². The number of aliphatic hydroxyl groups excluding tert-OH is 1. The van der Waals surface area contributed by atoms with E-state index in [1.54, 1.807) is 6.07 Å². The zero-order valence-electron chi connectivity index (χ0n) is 9.06. The number of halogens is 1. The van der Waals surface area contributed by atoms with Gasteiger partial charge in [0.25, 0.3) is 0 Å². The first-order valence-electron chi connectivity index (χ1n) is 4.99. The van der Waals surface area contributed by atoms with Crippen LogP contribution >= 0.6 is 15.9 Å². The van der Waals surface area contributed by atoms with Crippen LogP contribution < -0.4 is 4.74 Å². The lowest BCUT2D eigenvalue weighted by Gasteiger charge is -2.09. The summed E-state index contributed by atoms with van der Waals surface area (Å²) in [6.45, 7) is 0.865. The van der Waals surface area contributed by atoms with Crippen molar-refractivity contribution in [2.45, 2.75) is 0 Å². The van der Waals surface area contributed by atoms with Crippen LogP contribution in [-0.2, 0) is 4.74 Å². The fraction of sp³-hybridized carbons (Fsp3) is 0.364. The molecule has 0 unspecified atom stereocenters. The predicted molar refractivity (Wildman–Crippen MR) is 64.5 cm³/mol. The molecule has 0 aliphatic rings. The lowest BCUT2D eigenvalue weighted by atomic mass is 10.2. The Kier molecular flexibility index (Phi) is 5.96. The van der Waals surface area contributed by atoms with E-state index in [4.69, 9.17) is 19.7 Å². The zero-order chi connectivity index (χ0) is 12.7. The Balaban J connectivity index is 2.51. The molecule has 0 bridgehead atoms. The minimum Gasteiger partial charge on any atom is -0.490 e. The number of carboxylic acids is 1. The quantitative estimate of drug-likeness (QED) is 0.747. The number of carboxylic acid groups (broad SMARTS) is 1. The molecule has 0 radical (unpaired) electrons. The molecule has 5 nitrogen and oxygen atoms in total. The maximum absolute atomic E-state index is 10.8. The summed E-state index contributed by atoms with van der Waals surface area (Å²) in [5.74, 6) is -0.545. The van der Waals surface area contributed by atoms with Gasteiger partial charge in [-0.25, -0.2) is 4.79 Å². The lowest BCUT2D eigenvalue weighted by Crippen LogP contribution is -2.09. The van der Waals surface area contributed by atoms with Gasteiger partial charge in [0.15, 0.2) is 0 Å². The summed E-state index contributed by atoms with van der Waals surface area (Å²) in [4.78, 5) is 10.8. The number of benzene rings is 1. The number of aliphatic hydroxyl groups is 1. The normalized spacial score (nSPS) is 10.2. The van der Waals surface area contributed by atoms with E-state index in [1.807, 2.05) is 0 Å². The molecule has 0 amide bonds. The van der Waals surface area contributed by atoms with Crippen LogP contribution in [0.5, 0.6) is 5.75 Å². The number of rotatable bonds is 7. The first-order chi connectivity index (χ1) is 8.15. The van der Waals surface area contributed by atoms with Gasteiger partial charge in [-0.3, -0.25) is 0 Å². The van der Waals surface area contributed by atoms with Crippen LogP contribution in [0, 0.1) is 0 Å². The molecular formula is C11H13BrO5. The molecule has 17 heavy (non-hydrogen) atoms. The van der Waals surface area contributed by atoms with Gasteiger partial charge in [-0.1, -0.05) is 0 Å². The summed E-state index contributed by atoms with van der Waals surface area (Å²) >= 11 is 3.26. The van der Waals surface area contributed by atoms with Gasteiger partial charge < -0.3 is 19.7 Å². The van der Waals surface area contributed by atoms with E-state index in [1.165, 1.54) is 12.1 Å². The molecule has 0 atom stereocenters. The van der Waals surface area contributed by atoms with Crippen molar-refractivity contribution in [1.29, 1.82) is 0 Å². The van der Waals surface area contributed by atoms with Gasteiger partial charge in [-0.2, -0.15) is 0 Å². The smallest absolute Gasteiger partial charge is 0.335 e. The average molecular weight is 305 g/mol. The third kappa shape index (κ3) is 4.72. The first kappa shape index (κ1) is 14.0. The highest BCUT2D eigenvalue weighted by molar-refractivity contribution is 9.10. The molecule has 0 aliphatic carbocycles. The van der Waals surface area contributed by atoms with E-state index in [9.17, 15) is 4.79 Å². The molecule has 1 aromatic carbocycles. The monoisotopic (exact) mass is 304 g/mol. The minimum atomic E-state index is -1.00. The minimum absolute atomic E-state index is 0.0296. The standard InChI is InChI=1S/C11H13BrO5/c12-9-2-1-8(11(14)15)7-10(9)17-6-5-16-4-3-13/h1-2,7,13H,3-6H2,(H,14,15). The zero-order valence-corrected chi connectivity index (χ0v) is 10.6. The van der Waals surface area contributed by atoms with Crippen molar-refractivity contribution in [1.82, 2.24) is 0 Å². The van der Waals surface area contributed by atoms with Crippen LogP contribution in [0.3, 0.4) is 0 Å². The van der Waals surface area contributed by atoms with E-state index in [2.05, 4.69) is 15.9 Å². The van der Waals surface area contributed by atoms with Crippen molar-refractivity contribution in [3.8, 4) is 5.75 Å². The molecule has 0 saturated carbocycles. The van der Waals surface area contributed by atoms with Gasteiger partial charge in [0.2, 0.25) is 0 Å². The second kappa shape index (κ2) is 7.26. The Hall–Kier alpha value is -1.11. The topological polar surface area (TPSA) is 76.0 Å². The fourth-order valence-corrected chi connectivity index (χ4v) is 1.49. The summed E-state index contributed by atoms with van der Waals surface area (Å²) in [6, 6.07) is 4.55. The fourth-order valence-electron chi connectivity index (χ4n) is 1.12. The van der Waals surface area contributed by atoms with Crippen molar-refractivity contribution < 1.29 is 24.5 Å². The van der Waals surface area contributed by atoms with E-state index >= 15 is 0 Å². The van der Waals surface area contributed by atoms with Crippen LogP contribution in [0.15, 0.2) is 22.7 Å². The van der Waals surface area contributed by atoms with Crippen LogP contribution in [0.1, 0.15) is 10.4 Å². The Morgan fingerprint density at radius 1 is 1.29 bits per heavy atom. The Labute approximate surface area is 107 Å². The van der Waals surface area contributed by atoms with Crippen LogP contribution in [-0.4, -0.2) is 42.6 Å². The molecule has 0 aromatic heterocycles. The third-order valence-corrected chi connectivity index (χ3v) is 2.55. The largest absolute Gasteiger partial charge is 0.490 e. The lowest BCUT2D eigenvalue weighted by molar-refractivity contribution is 0.0686. The first-order valence-corrected chi connectivity index (χ1v) is 5.78. The predicted octanol–water partition coefficient (Wildman–Crippen LogP) is 1.53. The highest BCUT2D eigenvalue weighted by Gasteiger charge is 2.07. The van der Waals surface area contributed by atoms with Gasteiger partial charge in [0.05, 0.1) is 29.9 Å². The molecule has 6 heteroatoms. The summed E-state index contributed by atoms with van der Waals surface area (Å²) in [6.07, 6.45) is 0. The van der Waals surface area contributed by atoms with Crippen molar-refractivity contribution in [3.63, 3.8) is 0 Å². The molecule has 0 heterocycles. The number of carbonyl (C=O) groups is 1. The molecule has 94 valence electrons. The highest BCUT2D eigenvalue weighted by Crippen LogP contribution is 2.26.